The Labute approximate surface area is 177 Å². The number of thioether (sulfide) groups is 2. The first kappa shape index (κ1) is 20.0. The van der Waals surface area contributed by atoms with E-state index in [1.807, 2.05) is 61.5 Å². The highest BCUT2D eigenvalue weighted by atomic mass is 32.2. The number of ether oxygens (including phenoxy) is 1. The maximum Gasteiger partial charge on any atom is 0.291 e. The summed E-state index contributed by atoms with van der Waals surface area (Å²) in [5, 5.41) is -0.336. The number of carbonyl (C=O) groups is 3. The first-order chi connectivity index (χ1) is 14.1. The van der Waals surface area contributed by atoms with E-state index in [2.05, 4.69) is 0 Å². The van der Waals surface area contributed by atoms with E-state index in [9.17, 15) is 14.4 Å². The molecule has 2 aromatic carbocycles. The number of hydrogen-bond donors (Lipinski definition) is 0. The number of imide groups is 1. The molecule has 150 valence electrons. The molecule has 2 heterocycles. The molecule has 0 radical (unpaired) electrons. The first-order valence-electron chi connectivity index (χ1n) is 9.28. The third-order valence-corrected chi connectivity index (χ3v) is 6.87. The third kappa shape index (κ3) is 4.05. The van der Waals surface area contributed by atoms with Crippen molar-refractivity contribution in [1.82, 2.24) is 9.80 Å². The van der Waals surface area contributed by atoms with Crippen LogP contribution < -0.4 is 0 Å². The minimum Gasteiger partial charge on any atom is -0.352 e. The largest absolute Gasteiger partial charge is 0.352 e. The van der Waals surface area contributed by atoms with E-state index in [0.717, 1.165) is 22.2 Å². The zero-order chi connectivity index (χ0) is 20.4. The van der Waals surface area contributed by atoms with E-state index in [4.69, 9.17) is 4.74 Å². The highest BCUT2D eigenvalue weighted by molar-refractivity contribution is 8.14. The van der Waals surface area contributed by atoms with Gasteiger partial charge in [0.15, 0.2) is 6.23 Å². The second kappa shape index (κ2) is 8.61. The molecular formula is C21H20N2O4S2. The number of amides is 3. The molecule has 3 amide bonds. The van der Waals surface area contributed by atoms with Crippen molar-refractivity contribution in [2.45, 2.75) is 23.4 Å². The quantitative estimate of drug-likeness (QED) is 0.693. The molecule has 8 heteroatoms. The number of benzene rings is 2. The van der Waals surface area contributed by atoms with Gasteiger partial charge in [0.1, 0.15) is 0 Å². The first-order valence-corrected chi connectivity index (χ1v) is 11.1. The normalized spacial score (nSPS) is 20.2. The summed E-state index contributed by atoms with van der Waals surface area (Å²) in [6.45, 7) is 2.56. The summed E-state index contributed by atoms with van der Waals surface area (Å²) in [5.74, 6) is -0.169. The monoisotopic (exact) mass is 428 g/mol. The molecule has 2 atom stereocenters. The van der Waals surface area contributed by atoms with Crippen molar-refractivity contribution in [2.75, 3.05) is 18.9 Å². The molecule has 0 aliphatic carbocycles. The highest BCUT2D eigenvalue weighted by Crippen LogP contribution is 2.35. The van der Waals surface area contributed by atoms with Crippen molar-refractivity contribution < 1.29 is 19.1 Å². The van der Waals surface area contributed by atoms with Crippen LogP contribution in [0, 0.1) is 0 Å². The Morgan fingerprint density at radius 1 is 1.07 bits per heavy atom. The molecule has 2 aliphatic rings. The molecule has 0 spiro atoms. The Hall–Kier alpha value is -2.29. The SMILES string of the molecule is CC1Sc2ccccc2C(=O)N1CCOC(c1ccccc1)N1C(=O)CSC1=O. The van der Waals surface area contributed by atoms with Crippen molar-refractivity contribution in [3.8, 4) is 0 Å². The van der Waals surface area contributed by atoms with E-state index in [0.29, 0.717) is 12.1 Å². The number of nitrogens with zero attached hydrogens (tertiary/aromatic N) is 2. The van der Waals surface area contributed by atoms with Crippen LogP contribution in [0.5, 0.6) is 0 Å². The van der Waals surface area contributed by atoms with Crippen LogP contribution in [0.3, 0.4) is 0 Å². The zero-order valence-electron chi connectivity index (χ0n) is 15.8. The molecule has 0 aromatic heterocycles. The van der Waals surface area contributed by atoms with Gasteiger partial charge in [-0.25, -0.2) is 4.90 Å². The Balaban J connectivity index is 1.48. The predicted octanol–water partition coefficient (Wildman–Crippen LogP) is 3.99. The van der Waals surface area contributed by atoms with E-state index >= 15 is 0 Å². The molecule has 2 unspecified atom stereocenters. The molecule has 6 nitrogen and oxygen atoms in total. The van der Waals surface area contributed by atoms with Gasteiger partial charge in [0.05, 0.1) is 23.3 Å². The van der Waals surface area contributed by atoms with Gasteiger partial charge in [-0.15, -0.1) is 11.8 Å². The molecule has 1 saturated heterocycles. The fourth-order valence-electron chi connectivity index (χ4n) is 3.39. The summed E-state index contributed by atoms with van der Waals surface area (Å²) >= 11 is 2.61. The topological polar surface area (TPSA) is 66.9 Å². The van der Waals surface area contributed by atoms with Crippen LogP contribution in [0.4, 0.5) is 4.79 Å². The predicted molar refractivity (Wildman–Crippen MR) is 113 cm³/mol. The smallest absolute Gasteiger partial charge is 0.291 e. The van der Waals surface area contributed by atoms with Gasteiger partial charge in [-0.3, -0.25) is 14.4 Å². The second-order valence-electron chi connectivity index (χ2n) is 6.66. The van der Waals surface area contributed by atoms with Crippen LogP contribution in [0.15, 0.2) is 59.5 Å². The van der Waals surface area contributed by atoms with E-state index in [1.54, 1.807) is 16.7 Å². The maximum atomic E-state index is 12.9. The summed E-state index contributed by atoms with van der Waals surface area (Å²) in [6.07, 6.45) is -0.790. The van der Waals surface area contributed by atoms with Gasteiger partial charge in [0, 0.05) is 17.0 Å². The molecule has 0 bridgehead atoms. The molecule has 29 heavy (non-hydrogen) atoms. The number of fused-ring (bicyclic) bond motifs is 1. The van der Waals surface area contributed by atoms with Gasteiger partial charge >= 0.3 is 0 Å². The van der Waals surface area contributed by atoms with Crippen LogP contribution in [-0.2, 0) is 9.53 Å². The fraction of sp³-hybridized carbons (Fsp3) is 0.286. The van der Waals surface area contributed by atoms with Crippen LogP contribution >= 0.6 is 23.5 Å². The summed E-state index contributed by atoms with van der Waals surface area (Å²) in [6, 6.07) is 16.8. The van der Waals surface area contributed by atoms with Crippen molar-refractivity contribution >= 4 is 40.6 Å². The Morgan fingerprint density at radius 3 is 2.52 bits per heavy atom. The van der Waals surface area contributed by atoms with Crippen LogP contribution in [-0.4, -0.2) is 51.1 Å². The van der Waals surface area contributed by atoms with Crippen LogP contribution in [0.25, 0.3) is 0 Å². The van der Waals surface area contributed by atoms with Gasteiger partial charge < -0.3 is 9.64 Å². The molecule has 2 aromatic rings. The molecule has 4 rings (SSSR count). The van der Waals surface area contributed by atoms with E-state index in [-0.39, 0.29) is 34.8 Å². The van der Waals surface area contributed by atoms with Crippen molar-refractivity contribution in [1.29, 1.82) is 0 Å². The lowest BCUT2D eigenvalue weighted by Gasteiger charge is -2.34. The summed E-state index contributed by atoms with van der Waals surface area (Å²) in [5.41, 5.74) is 1.42. The minimum absolute atomic E-state index is 0.0261. The standard InChI is InChI=1S/C21H20N2O4S2/c1-14-22(19(25)16-9-5-6-10-17(16)29-14)11-12-27-20(15-7-3-2-4-8-15)23-18(24)13-28-21(23)26/h2-10,14,20H,11-13H2,1H3. The Kier molecular flexibility index (Phi) is 5.94. The molecule has 2 aliphatic heterocycles. The minimum atomic E-state index is -0.790. The van der Waals surface area contributed by atoms with E-state index < -0.39 is 6.23 Å². The number of hydrogen-bond acceptors (Lipinski definition) is 6. The van der Waals surface area contributed by atoms with E-state index in [1.165, 1.54) is 4.90 Å². The van der Waals surface area contributed by atoms with Gasteiger partial charge in [0.25, 0.3) is 11.1 Å². The lowest BCUT2D eigenvalue weighted by molar-refractivity contribution is -0.136. The maximum absolute atomic E-state index is 12.9. The average Bonchev–Trinajstić information content (AvgIpc) is 3.06. The molecule has 0 N–H and O–H groups in total. The average molecular weight is 429 g/mol. The summed E-state index contributed by atoms with van der Waals surface area (Å²) < 4.78 is 6.01. The number of rotatable bonds is 6. The summed E-state index contributed by atoms with van der Waals surface area (Å²) in [4.78, 5) is 41.3. The van der Waals surface area contributed by atoms with Crippen LogP contribution in [0.2, 0.25) is 0 Å². The molecular weight excluding hydrogens is 408 g/mol. The Morgan fingerprint density at radius 2 is 1.79 bits per heavy atom. The van der Waals surface area contributed by atoms with Crippen molar-refractivity contribution in [2.24, 2.45) is 0 Å². The number of carbonyl (C=O) groups excluding carboxylic acids is 3. The van der Waals surface area contributed by atoms with Gasteiger partial charge in [-0.1, -0.05) is 54.2 Å². The third-order valence-electron chi connectivity index (χ3n) is 4.83. The van der Waals surface area contributed by atoms with Gasteiger partial charge in [0.2, 0.25) is 5.91 Å². The fourth-order valence-corrected chi connectivity index (χ4v) is 5.25. The summed E-state index contributed by atoms with van der Waals surface area (Å²) in [7, 11) is 0. The molecule has 1 fully saturated rings. The second-order valence-corrected chi connectivity index (χ2v) is 8.95. The van der Waals surface area contributed by atoms with Gasteiger partial charge in [-0.2, -0.15) is 0 Å². The lowest BCUT2D eigenvalue weighted by atomic mass is 10.2. The van der Waals surface area contributed by atoms with Gasteiger partial charge in [-0.05, 0) is 19.1 Å². The zero-order valence-corrected chi connectivity index (χ0v) is 17.4. The Bertz CT molecular complexity index is 921. The van der Waals surface area contributed by atoms with Crippen LogP contribution in [0.1, 0.15) is 29.1 Å². The van der Waals surface area contributed by atoms with Crippen molar-refractivity contribution in [3.63, 3.8) is 0 Å². The van der Waals surface area contributed by atoms with Crippen molar-refractivity contribution in [3.05, 3.63) is 65.7 Å². The lowest BCUT2D eigenvalue weighted by Crippen LogP contribution is -2.43. The highest BCUT2D eigenvalue weighted by Gasteiger charge is 2.38. The molecule has 0 saturated carbocycles.